The van der Waals surface area contributed by atoms with Gasteiger partial charge < -0.3 is 10.1 Å². The summed E-state index contributed by atoms with van der Waals surface area (Å²) in [6, 6.07) is 1.44. The number of hydrogen-bond acceptors (Lipinski definition) is 3. The quantitative estimate of drug-likeness (QED) is 0.708. The molecule has 0 radical (unpaired) electrons. The Labute approximate surface area is 94.9 Å². The number of aromatic nitrogens is 1. The Morgan fingerprint density at radius 1 is 1.56 bits per heavy atom. The summed E-state index contributed by atoms with van der Waals surface area (Å²) in [6.45, 7) is 2.36. The Morgan fingerprint density at radius 3 is 2.75 bits per heavy atom. The Kier molecular flexibility index (Phi) is 2.81. The first-order valence-corrected chi connectivity index (χ1v) is 6.71. The summed E-state index contributed by atoms with van der Waals surface area (Å²) in [5.41, 5.74) is 0.640. The van der Waals surface area contributed by atoms with E-state index in [1.54, 1.807) is 0 Å². The summed E-state index contributed by atoms with van der Waals surface area (Å²) >= 11 is 0. The van der Waals surface area contributed by atoms with E-state index >= 15 is 0 Å². The lowest BCUT2D eigenvalue weighted by Crippen LogP contribution is -2.28. The monoisotopic (exact) mass is 244 g/mol. The van der Waals surface area contributed by atoms with Gasteiger partial charge in [-0.25, -0.2) is 13.1 Å². The smallest absolute Gasteiger partial charge is 0.242 e. The van der Waals surface area contributed by atoms with Gasteiger partial charge in [-0.3, -0.25) is 0 Å². The van der Waals surface area contributed by atoms with Crippen molar-refractivity contribution >= 4 is 10.0 Å². The highest BCUT2D eigenvalue weighted by Gasteiger charge is 2.38. The van der Waals surface area contributed by atoms with Crippen molar-refractivity contribution in [3.05, 3.63) is 18.0 Å². The molecule has 0 saturated heterocycles. The molecule has 0 atom stereocenters. The fraction of sp³-hybridized carbons (Fsp3) is 0.600. The van der Waals surface area contributed by atoms with Gasteiger partial charge in [0.2, 0.25) is 10.0 Å². The number of aromatic amines is 1. The first kappa shape index (κ1) is 11.6. The lowest BCUT2D eigenvalue weighted by atomic mass is 10.2. The second-order valence-corrected chi connectivity index (χ2v) is 6.42. The average Bonchev–Trinajstić information content (AvgIpc) is 2.81. The van der Waals surface area contributed by atoms with Gasteiger partial charge in [-0.1, -0.05) is 6.92 Å². The van der Waals surface area contributed by atoms with Crippen LogP contribution in [0.5, 0.6) is 0 Å². The van der Waals surface area contributed by atoms with Crippen LogP contribution >= 0.6 is 0 Å². The summed E-state index contributed by atoms with van der Waals surface area (Å²) in [5.74, 6) is 0. The minimum absolute atomic E-state index is 0.142. The van der Waals surface area contributed by atoms with Crippen molar-refractivity contribution in [2.75, 3.05) is 6.54 Å². The van der Waals surface area contributed by atoms with Crippen LogP contribution in [0.3, 0.4) is 0 Å². The molecule has 2 rings (SSSR count). The molecular weight excluding hydrogens is 228 g/mol. The average molecular weight is 244 g/mol. The molecule has 16 heavy (non-hydrogen) atoms. The summed E-state index contributed by atoms with van der Waals surface area (Å²) in [6.07, 6.45) is 3.54. The molecule has 6 heteroatoms. The van der Waals surface area contributed by atoms with Crippen molar-refractivity contribution in [1.29, 1.82) is 0 Å². The van der Waals surface area contributed by atoms with Gasteiger partial charge in [0.15, 0.2) is 0 Å². The molecule has 0 spiro atoms. The van der Waals surface area contributed by atoms with Crippen LogP contribution in [0.25, 0.3) is 0 Å². The summed E-state index contributed by atoms with van der Waals surface area (Å²) in [5, 5.41) is 8.84. The van der Waals surface area contributed by atoms with Crippen molar-refractivity contribution in [1.82, 2.24) is 9.71 Å². The van der Waals surface area contributed by atoms with Crippen molar-refractivity contribution in [2.24, 2.45) is 5.41 Å². The fourth-order valence-corrected chi connectivity index (χ4v) is 2.62. The normalized spacial score (nSPS) is 18.6. The van der Waals surface area contributed by atoms with Crippen LogP contribution in [0.2, 0.25) is 0 Å². The van der Waals surface area contributed by atoms with E-state index in [9.17, 15) is 8.42 Å². The molecule has 0 unspecified atom stereocenters. The van der Waals surface area contributed by atoms with Gasteiger partial charge in [0.05, 0.1) is 11.5 Å². The highest BCUT2D eigenvalue weighted by atomic mass is 32.2. The van der Waals surface area contributed by atoms with E-state index in [1.165, 1.54) is 12.3 Å². The third kappa shape index (κ3) is 2.45. The SMILES string of the molecule is CC1(CNS(=O)(=O)c2c[nH]c(CO)c2)CC1. The summed E-state index contributed by atoms with van der Waals surface area (Å²) < 4.78 is 26.2. The molecule has 1 aromatic rings. The molecule has 5 nitrogen and oxygen atoms in total. The highest BCUT2D eigenvalue weighted by Crippen LogP contribution is 2.44. The Morgan fingerprint density at radius 2 is 2.25 bits per heavy atom. The van der Waals surface area contributed by atoms with Gasteiger partial charge in [-0.2, -0.15) is 0 Å². The zero-order chi connectivity index (χ0) is 11.8. The maximum Gasteiger partial charge on any atom is 0.242 e. The van der Waals surface area contributed by atoms with Crippen molar-refractivity contribution in [2.45, 2.75) is 31.3 Å². The molecule has 1 fully saturated rings. The van der Waals surface area contributed by atoms with E-state index < -0.39 is 10.0 Å². The van der Waals surface area contributed by atoms with Crippen LogP contribution in [0.4, 0.5) is 0 Å². The van der Waals surface area contributed by atoms with E-state index in [0.717, 1.165) is 12.8 Å². The van der Waals surface area contributed by atoms with Crippen LogP contribution in [0.15, 0.2) is 17.2 Å². The zero-order valence-corrected chi connectivity index (χ0v) is 9.97. The van der Waals surface area contributed by atoms with E-state index in [1.807, 2.05) is 0 Å². The number of sulfonamides is 1. The maximum absolute atomic E-state index is 11.8. The third-order valence-corrected chi connectivity index (χ3v) is 4.37. The summed E-state index contributed by atoms with van der Waals surface area (Å²) in [7, 11) is -3.44. The molecule has 1 aliphatic carbocycles. The van der Waals surface area contributed by atoms with Gasteiger partial charge in [0, 0.05) is 18.4 Å². The lowest BCUT2D eigenvalue weighted by molar-refractivity contribution is 0.277. The predicted molar refractivity (Wildman–Crippen MR) is 59.2 cm³/mol. The third-order valence-electron chi connectivity index (χ3n) is 2.99. The van der Waals surface area contributed by atoms with Crippen LogP contribution in [0, 0.1) is 5.41 Å². The van der Waals surface area contributed by atoms with Crippen molar-refractivity contribution in [3.63, 3.8) is 0 Å². The van der Waals surface area contributed by atoms with Gasteiger partial charge in [0.25, 0.3) is 0 Å². The van der Waals surface area contributed by atoms with Crippen molar-refractivity contribution in [3.8, 4) is 0 Å². The number of hydrogen-bond donors (Lipinski definition) is 3. The van der Waals surface area contributed by atoms with Gasteiger partial charge in [-0.15, -0.1) is 0 Å². The molecule has 0 aromatic carbocycles. The number of aliphatic hydroxyl groups is 1. The zero-order valence-electron chi connectivity index (χ0n) is 9.16. The van der Waals surface area contributed by atoms with Crippen LogP contribution in [-0.4, -0.2) is 25.1 Å². The van der Waals surface area contributed by atoms with Crippen molar-refractivity contribution < 1.29 is 13.5 Å². The standard InChI is InChI=1S/C10H16N2O3S/c1-10(2-3-10)7-12-16(14,15)9-4-8(6-13)11-5-9/h4-5,11-13H,2-3,6-7H2,1H3. The molecular formula is C10H16N2O3S. The topological polar surface area (TPSA) is 82.2 Å². The molecule has 1 heterocycles. The minimum Gasteiger partial charge on any atom is -0.390 e. The van der Waals surface area contributed by atoms with E-state index in [4.69, 9.17) is 5.11 Å². The summed E-state index contributed by atoms with van der Waals surface area (Å²) in [4.78, 5) is 2.89. The molecule has 3 N–H and O–H groups in total. The first-order valence-electron chi connectivity index (χ1n) is 5.23. The molecule has 90 valence electrons. The molecule has 1 aromatic heterocycles. The van der Waals surface area contributed by atoms with E-state index in [-0.39, 0.29) is 16.9 Å². The molecule has 0 aliphatic heterocycles. The molecule has 0 amide bonds. The number of H-pyrrole nitrogens is 1. The largest absolute Gasteiger partial charge is 0.390 e. The number of nitrogens with one attached hydrogen (secondary N) is 2. The van der Waals surface area contributed by atoms with Crippen LogP contribution < -0.4 is 4.72 Å². The maximum atomic E-state index is 11.8. The van der Waals surface area contributed by atoms with Crippen LogP contribution in [-0.2, 0) is 16.6 Å². The van der Waals surface area contributed by atoms with Gasteiger partial charge in [-0.05, 0) is 24.3 Å². The van der Waals surface area contributed by atoms with Gasteiger partial charge in [0.1, 0.15) is 0 Å². The molecule has 1 aliphatic rings. The van der Waals surface area contributed by atoms with Gasteiger partial charge >= 0.3 is 0 Å². The van der Waals surface area contributed by atoms with Crippen LogP contribution in [0.1, 0.15) is 25.5 Å². The fourth-order valence-electron chi connectivity index (χ4n) is 1.41. The number of aliphatic hydroxyl groups excluding tert-OH is 1. The predicted octanol–water partition coefficient (Wildman–Crippen LogP) is 0.585. The second kappa shape index (κ2) is 3.87. The second-order valence-electron chi connectivity index (χ2n) is 4.65. The lowest BCUT2D eigenvalue weighted by Gasteiger charge is -2.09. The van der Waals surface area contributed by atoms with E-state index in [0.29, 0.717) is 12.2 Å². The Balaban J connectivity index is 2.06. The Bertz CT molecular complexity index is 474. The molecule has 0 bridgehead atoms. The minimum atomic E-state index is -3.44. The Hall–Kier alpha value is -0.850. The van der Waals surface area contributed by atoms with E-state index in [2.05, 4.69) is 16.6 Å². The first-order chi connectivity index (χ1) is 7.45. The molecule has 1 saturated carbocycles. The number of rotatable bonds is 5. The highest BCUT2D eigenvalue weighted by molar-refractivity contribution is 7.89.